The highest BCUT2D eigenvalue weighted by molar-refractivity contribution is 6.74. The number of ether oxygens (including phenoxy) is 1. The Morgan fingerprint density at radius 2 is 1.29 bits per heavy atom. The molecule has 0 saturated carbocycles. The van der Waals surface area contributed by atoms with E-state index in [4.69, 9.17) is 14.2 Å². The first kappa shape index (κ1) is 32.3. The van der Waals surface area contributed by atoms with Gasteiger partial charge < -0.3 is 9.16 Å². The number of benzene rings is 3. The number of carbonyl (C=O) groups is 1. The minimum absolute atomic E-state index is 0.0689. The van der Waals surface area contributed by atoms with Crippen LogP contribution in [0, 0.1) is 0 Å². The lowest BCUT2D eigenvalue weighted by Gasteiger charge is -2.37. The van der Waals surface area contributed by atoms with Gasteiger partial charge in [-0.2, -0.15) is 0 Å². The largest absolute Gasteiger partial charge is 0.543 e. The number of nitrogens with zero attached hydrogens (tertiary/aromatic N) is 1. The van der Waals surface area contributed by atoms with Gasteiger partial charge in [0.05, 0.1) is 5.71 Å². The van der Waals surface area contributed by atoms with Gasteiger partial charge in [-0.1, -0.05) is 108 Å². The lowest BCUT2D eigenvalue weighted by Crippen LogP contribution is -2.43. The molecule has 0 aromatic heterocycles. The van der Waals surface area contributed by atoms with Crippen molar-refractivity contribution in [2.45, 2.75) is 104 Å². The van der Waals surface area contributed by atoms with Crippen molar-refractivity contribution in [2.75, 3.05) is 0 Å². The lowest BCUT2D eigenvalue weighted by atomic mass is 9.82. The summed E-state index contributed by atoms with van der Waals surface area (Å²) >= 11 is 0. The molecular formula is C36H49NO3Si. The molecule has 0 spiro atoms. The van der Waals surface area contributed by atoms with E-state index in [1.54, 1.807) is 0 Å². The van der Waals surface area contributed by atoms with E-state index >= 15 is 0 Å². The quantitative estimate of drug-likeness (QED) is 0.154. The summed E-state index contributed by atoms with van der Waals surface area (Å²) in [6.45, 7) is 23.5. The number of esters is 1. The van der Waals surface area contributed by atoms with Crippen molar-refractivity contribution in [1.29, 1.82) is 0 Å². The molecule has 0 aliphatic rings. The molecule has 5 heteroatoms. The predicted molar refractivity (Wildman–Crippen MR) is 175 cm³/mol. The Balaban J connectivity index is 2.18. The Hall–Kier alpha value is -3.18. The minimum atomic E-state index is -2.06. The zero-order chi connectivity index (χ0) is 30.6. The van der Waals surface area contributed by atoms with Gasteiger partial charge in [-0.15, -0.1) is 0 Å². The molecule has 0 aliphatic carbocycles. The Morgan fingerprint density at radius 3 is 1.73 bits per heavy atom. The number of carbonyl (C=O) groups excluding carboxylic acids is 1. The van der Waals surface area contributed by atoms with Crippen molar-refractivity contribution >= 4 is 20.0 Å². The Bertz CT molecular complexity index is 1300. The lowest BCUT2D eigenvalue weighted by molar-refractivity contribution is -0.156. The highest BCUT2D eigenvalue weighted by Crippen LogP contribution is 2.39. The molecule has 0 radical (unpaired) electrons. The molecule has 0 unspecified atom stereocenters. The van der Waals surface area contributed by atoms with Crippen molar-refractivity contribution in [2.24, 2.45) is 4.99 Å². The molecular weight excluding hydrogens is 522 g/mol. The fourth-order valence-corrected chi connectivity index (χ4v) is 5.43. The maximum absolute atomic E-state index is 13.8. The van der Waals surface area contributed by atoms with Gasteiger partial charge in [-0.3, -0.25) is 4.99 Å². The van der Waals surface area contributed by atoms with Gasteiger partial charge in [0.25, 0.3) is 0 Å². The number of hydrogen-bond acceptors (Lipinski definition) is 4. The monoisotopic (exact) mass is 571 g/mol. The van der Waals surface area contributed by atoms with Crippen LogP contribution in [0.2, 0.25) is 18.1 Å². The normalized spacial score (nSPS) is 13.3. The highest BCUT2D eigenvalue weighted by atomic mass is 28.4. The molecule has 3 rings (SSSR count). The minimum Gasteiger partial charge on any atom is -0.543 e. The molecule has 0 bridgehead atoms. The van der Waals surface area contributed by atoms with Crippen LogP contribution in [0.5, 0.6) is 5.75 Å². The molecule has 220 valence electrons. The summed E-state index contributed by atoms with van der Waals surface area (Å²) < 4.78 is 12.7. The van der Waals surface area contributed by atoms with Crippen LogP contribution in [0.4, 0.5) is 0 Å². The Labute approximate surface area is 249 Å². The maximum Gasteiger partial charge on any atom is 0.331 e. The van der Waals surface area contributed by atoms with Gasteiger partial charge in [0, 0.05) is 17.5 Å². The van der Waals surface area contributed by atoms with E-state index in [1.165, 1.54) is 5.56 Å². The Morgan fingerprint density at radius 1 is 0.780 bits per heavy atom. The molecule has 41 heavy (non-hydrogen) atoms. The van der Waals surface area contributed by atoms with Crippen LogP contribution < -0.4 is 4.43 Å². The fraction of sp³-hybridized carbons (Fsp3) is 0.444. The third-order valence-electron chi connectivity index (χ3n) is 7.54. The first-order chi connectivity index (χ1) is 18.9. The summed E-state index contributed by atoms with van der Waals surface area (Å²) in [6, 6.07) is 25.7. The fourth-order valence-electron chi connectivity index (χ4n) is 4.41. The standard InChI is InChI=1S/C36H49NO3Si/c1-34(2,3)30-23-22-29(40-41(10,11)36(7,8)9)24-28(30)25-31(33(38)39-35(4,5)6)37-32(26-18-14-12-15-19-26)27-20-16-13-17-21-27/h12-24,31H,25H2,1-11H3/t31-/m0/s1. The third-order valence-corrected chi connectivity index (χ3v) is 11.9. The van der Waals surface area contributed by atoms with Crippen LogP contribution in [-0.4, -0.2) is 31.6 Å². The molecule has 0 N–H and O–H groups in total. The summed E-state index contributed by atoms with van der Waals surface area (Å²) in [5.41, 5.74) is 4.14. The smallest absolute Gasteiger partial charge is 0.331 e. The van der Waals surface area contributed by atoms with E-state index in [0.717, 1.165) is 28.2 Å². The molecule has 0 aliphatic heterocycles. The van der Waals surface area contributed by atoms with E-state index in [2.05, 4.69) is 72.8 Å². The van der Waals surface area contributed by atoms with E-state index in [1.807, 2.05) is 81.4 Å². The van der Waals surface area contributed by atoms with Crippen molar-refractivity contribution in [1.82, 2.24) is 0 Å². The number of hydrogen-bond donors (Lipinski definition) is 0. The zero-order valence-electron chi connectivity index (χ0n) is 27.0. The third kappa shape index (κ3) is 8.90. The molecule has 3 aromatic carbocycles. The molecule has 0 saturated heterocycles. The maximum atomic E-state index is 13.8. The van der Waals surface area contributed by atoms with Crippen molar-refractivity contribution in [3.63, 3.8) is 0 Å². The molecule has 0 fully saturated rings. The predicted octanol–water partition coefficient (Wildman–Crippen LogP) is 9.16. The summed E-state index contributed by atoms with van der Waals surface area (Å²) in [6.07, 6.45) is 0.402. The average molecular weight is 572 g/mol. The Kier molecular flexibility index (Phi) is 9.75. The van der Waals surface area contributed by atoms with Gasteiger partial charge in [0.2, 0.25) is 8.32 Å². The van der Waals surface area contributed by atoms with Gasteiger partial charge in [0.15, 0.2) is 6.04 Å². The van der Waals surface area contributed by atoms with Crippen LogP contribution >= 0.6 is 0 Å². The van der Waals surface area contributed by atoms with Crippen LogP contribution in [0.1, 0.15) is 84.6 Å². The van der Waals surface area contributed by atoms with Gasteiger partial charge in [0.1, 0.15) is 11.4 Å². The summed E-state index contributed by atoms with van der Waals surface area (Å²) in [7, 11) is -2.06. The second-order valence-electron chi connectivity index (χ2n) is 14.4. The van der Waals surface area contributed by atoms with Crippen LogP contribution in [0.15, 0.2) is 83.9 Å². The first-order valence-electron chi connectivity index (χ1n) is 14.6. The summed E-state index contributed by atoms with van der Waals surface area (Å²) in [5, 5.41) is 0.0689. The topological polar surface area (TPSA) is 47.9 Å². The number of aliphatic imine (C=N–C) groups is 1. The van der Waals surface area contributed by atoms with Crippen LogP contribution in [0.25, 0.3) is 0 Å². The van der Waals surface area contributed by atoms with Crippen molar-refractivity contribution < 1.29 is 14.0 Å². The molecule has 1 atom stereocenters. The highest BCUT2D eigenvalue weighted by Gasteiger charge is 2.39. The van der Waals surface area contributed by atoms with E-state index < -0.39 is 20.0 Å². The van der Waals surface area contributed by atoms with Crippen molar-refractivity contribution in [3.8, 4) is 5.75 Å². The molecule has 0 heterocycles. The number of rotatable bonds is 8. The van der Waals surface area contributed by atoms with E-state index in [0.29, 0.717) is 6.42 Å². The zero-order valence-corrected chi connectivity index (χ0v) is 28.0. The first-order valence-corrected chi connectivity index (χ1v) is 17.5. The average Bonchev–Trinajstić information content (AvgIpc) is 2.85. The second-order valence-corrected chi connectivity index (χ2v) is 19.1. The molecule has 3 aromatic rings. The molecule has 4 nitrogen and oxygen atoms in total. The molecule has 0 amide bonds. The van der Waals surface area contributed by atoms with Crippen LogP contribution in [0.3, 0.4) is 0 Å². The summed E-state index contributed by atoms with van der Waals surface area (Å²) in [5.74, 6) is 0.510. The second kappa shape index (κ2) is 12.4. The van der Waals surface area contributed by atoms with Crippen molar-refractivity contribution in [3.05, 3.63) is 101 Å². The van der Waals surface area contributed by atoms with Gasteiger partial charge in [-0.05, 0) is 67.6 Å². The SMILES string of the molecule is CC(C)(C)OC(=O)[C@H](Cc1cc(O[Si](C)(C)C(C)(C)C)ccc1C(C)(C)C)N=C(c1ccccc1)c1ccccc1. The van der Waals surface area contributed by atoms with Gasteiger partial charge >= 0.3 is 5.97 Å². The van der Waals surface area contributed by atoms with E-state index in [9.17, 15) is 4.79 Å². The van der Waals surface area contributed by atoms with E-state index in [-0.39, 0.29) is 16.4 Å². The summed E-state index contributed by atoms with van der Waals surface area (Å²) in [4.78, 5) is 19.0. The van der Waals surface area contributed by atoms with Gasteiger partial charge in [-0.25, -0.2) is 4.79 Å². The van der Waals surface area contributed by atoms with Crippen LogP contribution in [-0.2, 0) is 21.4 Å².